The van der Waals surface area contributed by atoms with Crippen molar-refractivity contribution in [1.29, 1.82) is 5.41 Å². The van der Waals surface area contributed by atoms with Crippen molar-refractivity contribution in [2.45, 2.75) is 45.8 Å². The number of pyridine rings is 1. The van der Waals surface area contributed by atoms with Gasteiger partial charge in [-0.05, 0) is 46.2 Å². The van der Waals surface area contributed by atoms with Gasteiger partial charge in [0.05, 0.1) is 16.8 Å². The van der Waals surface area contributed by atoms with Crippen molar-refractivity contribution in [2.75, 3.05) is 18.0 Å². The molecule has 0 aliphatic carbocycles. The quantitative estimate of drug-likeness (QED) is 0.640. The third-order valence-electron chi connectivity index (χ3n) is 3.40. The second-order valence-electron chi connectivity index (χ2n) is 6.72. The van der Waals surface area contributed by atoms with Gasteiger partial charge in [0.25, 0.3) is 0 Å². The fourth-order valence-corrected chi connectivity index (χ4v) is 3.05. The number of nitrogen functional groups attached to an aromatic ring is 1. The van der Waals surface area contributed by atoms with E-state index in [1.165, 1.54) is 0 Å². The molecular formula is C15H24N4O. The number of hydrogen-bond donors (Lipinski definition) is 2. The standard InChI is InChI=1S/C15H24N4O/c1-10-6-7-18-13(11(10)12(16)17)19-8-14(2,3)20-15(4,5)9-19/h6-7H,8-9H2,1-5H3,(H3,16,17). The van der Waals surface area contributed by atoms with E-state index in [4.69, 9.17) is 15.9 Å². The van der Waals surface area contributed by atoms with Gasteiger partial charge in [0.2, 0.25) is 0 Å². The Morgan fingerprint density at radius 1 is 1.30 bits per heavy atom. The Balaban J connectivity index is 2.46. The predicted molar refractivity (Wildman–Crippen MR) is 81.4 cm³/mol. The molecule has 1 fully saturated rings. The van der Waals surface area contributed by atoms with Gasteiger partial charge in [0, 0.05) is 19.3 Å². The minimum atomic E-state index is -0.263. The molecule has 5 nitrogen and oxygen atoms in total. The number of amidine groups is 1. The average molecular weight is 276 g/mol. The molecule has 1 saturated heterocycles. The Kier molecular flexibility index (Phi) is 3.50. The van der Waals surface area contributed by atoms with Gasteiger partial charge < -0.3 is 15.4 Å². The molecule has 0 radical (unpaired) electrons. The van der Waals surface area contributed by atoms with E-state index in [1.807, 2.05) is 13.0 Å². The number of morpholine rings is 1. The largest absolute Gasteiger partial charge is 0.384 e. The summed E-state index contributed by atoms with van der Waals surface area (Å²) in [5, 5.41) is 7.81. The number of hydrogen-bond acceptors (Lipinski definition) is 4. The second-order valence-corrected chi connectivity index (χ2v) is 6.72. The molecule has 5 heteroatoms. The van der Waals surface area contributed by atoms with Crippen LogP contribution in [0.1, 0.15) is 38.8 Å². The predicted octanol–water partition coefficient (Wildman–Crippen LogP) is 2.07. The lowest BCUT2D eigenvalue weighted by molar-refractivity contribution is -0.133. The summed E-state index contributed by atoms with van der Waals surface area (Å²) >= 11 is 0. The van der Waals surface area contributed by atoms with Crippen LogP contribution in [0.5, 0.6) is 0 Å². The maximum atomic E-state index is 7.81. The minimum Gasteiger partial charge on any atom is -0.384 e. The normalized spacial score (nSPS) is 20.8. The fourth-order valence-electron chi connectivity index (χ4n) is 3.05. The first-order chi connectivity index (χ1) is 9.11. The molecule has 110 valence electrons. The molecule has 1 aliphatic rings. The van der Waals surface area contributed by atoms with Gasteiger partial charge in [-0.1, -0.05) is 0 Å². The molecule has 2 rings (SSSR count). The zero-order chi connectivity index (χ0) is 15.1. The molecule has 3 N–H and O–H groups in total. The molecule has 1 aliphatic heterocycles. The molecule has 2 heterocycles. The number of nitrogens with one attached hydrogen (secondary N) is 1. The Bertz CT molecular complexity index is 521. The van der Waals surface area contributed by atoms with E-state index in [2.05, 4.69) is 37.6 Å². The van der Waals surface area contributed by atoms with Crippen molar-refractivity contribution in [3.8, 4) is 0 Å². The highest BCUT2D eigenvalue weighted by atomic mass is 16.5. The summed E-state index contributed by atoms with van der Waals surface area (Å²) in [5.41, 5.74) is 6.92. The highest BCUT2D eigenvalue weighted by Crippen LogP contribution is 2.32. The first kappa shape index (κ1) is 14.8. The van der Waals surface area contributed by atoms with Crippen molar-refractivity contribution in [3.63, 3.8) is 0 Å². The van der Waals surface area contributed by atoms with Gasteiger partial charge in [-0.2, -0.15) is 0 Å². The summed E-state index contributed by atoms with van der Waals surface area (Å²) in [6, 6.07) is 1.89. The van der Waals surface area contributed by atoms with Gasteiger partial charge in [-0.25, -0.2) is 4.98 Å². The zero-order valence-corrected chi connectivity index (χ0v) is 12.9. The number of ether oxygens (including phenoxy) is 1. The lowest BCUT2D eigenvalue weighted by atomic mass is 9.98. The smallest absolute Gasteiger partial charge is 0.139 e. The summed E-state index contributed by atoms with van der Waals surface area (Å²) in [6.45, 7) is 11.7. The Labute approximate surface area is 120 Å². The van der Waals surface area contributed by atoms with Crippen molar-refractivity contribution in [2.24, 2.45) is 5.73 Å². The van der Waals surface area contributed by atoms with Crippen LogP contribution in [0.4, 0.5) is 5.82 Å². The van der Waals surface area contributed by atoms with E-state index in [-0.39, 0.29) is 17.0 Å². The molecule has 0 atom stereocenters. The maximum absolute atomic E-state index is 7.81. The summed E-state index contributed by atoms with van der Waals surface area (Å²) in [4.78, 5) is 6.64. The summed E-state index contributed by atoms with van der Waals surface area (Å²) in [7, 11) is 0. The lowest BCUT2D eigenvalue weighted by Gasteiger charge is -2.48. The van der Waals surface area contributed by atoms with E-state index in [9.17, 15) is 0 Å². The number of nitrogens with zero attached hydrogens (tertiary/aromatic N) is 2. The molecule has 0 unspecified atom stereocenters. The third-order valence-corrected chi connectivity index (χ3v) is 3.40. The molecule has 20 heavy (non-hydrogen) atoms. The fraction of sp³-hybridized carbons (Fsp3) is 0.600. The summed E-state index contributed by atoms with van der Waals surface area (Å²) < 4.78 is 6.09. The molecule has 0 saturated carbocycles. The van der Waals surface area contributed by atoms with E-state index in [1.54, 1.807) is 6.20 Å². The first-order valence-electron chi connectivity index (χ1n) is 6.86. The number of rotatable bonds is 2. The zero-order valence-electron chi connectivity index (χ0n) is 12.9. The van der Waals surface area contributed by atoms with Crippen LogP contribution in [0.15, 0.2) is 12.3 Å². The minimum absolute atomic E-state index is 0.0627. The molecule has 0 amide bonds. The van der Waals surface area contributed by atoms with Crippen LogP contribution >= 0.6 is 0 Å². The van der Waals surface area contributed by atoms with Gasteiger partial charge in [-0.15, -0.1) is 0 Å². The highest BCUT2D eigenvalue weighted by molar-refractivity contribution is 6.01. The third kappa shape index (κ3) is 2.93. The lowest BCUT2D eigenvalue weighted by Crippen LogP contribution is -2.57. The van der Waals surface area contributed by atoms with Gasteiger partial charge in [0.1, 0.15) is 11.7 Å². The molecule has 0 bridgehead atoms. The van der Waals surface area contributed by atoms with Crippen molar-refractivity contribution < 1.29 is 4.74 Å². The molecule has 1 aromatic heterocycles. The topological polar surface area (TPSA) is 75.2 Å². The van der Waals surface area contributed by atoms with Crippen LogP contribution in [-0.2, 0) is 4.74 Å². The van der Waals surface area contributed by atoms with E-state index in [0.29, 0.717) is 0 Å². The van der Waals surface area contributed by atoms with Crippen LogP contribution in [0.3, 0.4) is 0 Å². The first-order valence-corrected chi connectivity index (χ1v) is 6.86. The van der Waals surface area contributed by atoms with Crippen LogP contribution in [0.25, 0.3) is 0 Å². The SMILES string of the molecule is Cc1ccnc(N2CC(C)(C)OC(C)(C)C2)c1C(=N)N. The molecule has 0 spiro atoms. The average Bonchev–Trinajstić information content (AvgIpc) is 2.23. The van der Waals surface area contributed by atoms with Crippen LogP contribution in [-0.4, -0.2) is 35.1 Å². The second kappa shape index (κ2) is 4.74. The van der Waals surface area contributed by atoms with Crippen molar-refractivity contribution in [1.82, 2.24) is 4.98 Å². The van der Waals surface area contributed by atoms with Gasteiger partial charge in [0.15, 0.2) is 0 Å². The number of aryl methyl sites for hydroxylation is 1. The van der Waals surface area contributed by atoms with Crippen LogP contribution < -0.4 is 10.6 Å². The van der Waals surface area contributed by atoms with Gasteiger partial charge >= 0.3 is 0 Å². The Hall–Kier alpha value is -1.62. The van der Waals surface area contributed by atoms with Crippen LogP contribution in [0, 0.1) is 12.3 Å². The molecule has 0 aromatic carbocycles. The molecule has 1 aromatic rings. The number of aromatic nitrogens is 1. The summed E-state index contributed by atoms with van der Waals surface area (Å²) in [5.74, 6) is 0.842. The Morgan fingerprint density at radius 2 is 1.85 bits per heavy atom. The van der Waals surface area contributed by atoms with E-state index in [0.717, 1.165) is 30.0 Å². The van der Waals surface area contributed by atoms with Gasteiger partial charge in [-0.3, -0.25) is 5.41 Å². The number of nitrogens with two attached hydrogens (primary N) is 1. The highest BCUT2D eigenvalue weighted by Gasteiger charge is 2.39. The summed E-state index contributed by atoms with van der Waals surface area (Å²) in [6.07, 6.45) is 1.77. The Morgan fingerprint density at radius 3 is 2.35 bits per heavy atom. The monoisotopic (exact) mass is 276 g/mol. The van der Waals surface area contributed by atoms with Crippen molar-refractivity contribution in [3.05, 3.63) is 23.4 Å². The van der Waals surface area contributed by atoms with Crippen LogP contribution in [0.2, 0.25) is 0 Å². The van der Waals surface area contributed by atoms with Crippen molar-refractivity contribution >= 4 is 11.7 Å². The van der Waals surface area contributed by atoms with E-state index >= 15 is 0 Å². The van der Waals surface area contributed by atoms with E-state index < -0.39 is 0 Å². The number of anilines is 1. The molecular weight excluding hydrogens is 252 g/mol. The maximum Gasteiger partial charge on any atom is 0.139 e.